The van der Waals surface area contributed by atoms with Crippen molar-refractivity contribution in [2.75, 3.05) is 11.5 Å². The third kappa shape index (κ3) is 3.46. The fourth-order valence-electron chi connectivity index (χ4n) is 2.61. The van der Waals surface area contributed by atoms with Crippen molar-refractivity contribution in [2.45, 2.75) is 30.4 Å². The minimum absolute atomic E-state index is 0.158. The van der Waals surface area contributed by atoms with Gasteiger partial charge in [-0.1, -0.05) is 17.7 Å². The van der Waals surface area contributed by atoms with E-state index in [1.807, 2.05) is 38.1 Å². The molecule has 2 amide bonds. The van der Waals surface area contributed by atoms with Crippen LogP contribution in [0.25, 0.3) is 0 Å². The van der Waals surface area contributed by atoms with Gasteiger partial charge in [-0.05, 0) is 50.2 Å². The summed E-state index contributed by atoms with van der Waals surface area (Å²) in [5, 5.41) is -0.369. The normalized spacial score (nSPS) is 17.4. The van der Waals surface area contributed by atoms with Crippen LogP contribution in [0, 0.1) is 6.92 Å². The molecule has 124 valence electrons. The number of aryl methyl sites for hydroxylation is 1. The van der Waals surface area contributed by atoms with E-state index in [4.69, 9.17) is 4.74 Å². The molecule has 1 atom stereocenters. The first-order valence-electron chi connectivity index (χ1n) is 7.91. The molecule has 1 saturated heterocycles. The Kier molecular flexibility index (Phi) is 4.90. The molecule has 3 rings (SSSR count). The number of anilines is 1. The Labute approximate surface area is 145 Å². The summed E-state index contributed by atoms with van der Waals surface area (Å²) in [7, 11) is 0. The Balaban J connectivity index is 1.74. The van der Waals surface area contributed by atoms with E-state index in [0.717, 1.165) is 10.6 Å². The number of carbonyl (C=O) groups is 2. The lowest BCUT2D eigenvalue weighted by Gasteiger charge is -2.15. The summed E-state index contributed by atoms with van der Waals surface area (Å²) in [6.45, 7) is 4.51. The van der Waals surface area contributed by atoms with Gasteiger partial charge in [0.2, 0.25) is 11.8 Å². The molecule has 0 saturated carbocycles. The van der Waals surface area contributed by atoms with Gasteiger partial charge in [0.1, 0.15) is 5.75 Å². The minimum Gasteiger partial charge on any atom is -0.494 e. The molecule has 0 aromatic heterocycles. The van der Waals surface area contributed by atoms with Crippen LogP contribution < -0.4 is 9.64 Å². The third-order valence-electron chi connectivity index (χ3n) is 3.81. The first-order valence-corrected chi connectivity index (χ1v) is 8.79. The molecule has 1 heterocycles. The van der Waals surface area contributed by atoms with Gasteiger partial charge in [-0.15, -0.1) is 11.8 Å². The van der Waals surface area contributed by atoms with Crippen molar-refractivity contribution in [1.82, 2.24) is 0 Å². The molecule has 0 N–H and O–H groups in total. The van der Waals surface area contributed by atoms with Crippen LogP contribution in [-0.2, 0) is 9.59 Å². The maximum Gasteiger partial charge on any atom is 0.247 e. The van der Waals surface area contributed by atoms with Gasteiger partial charge in [-0.2, -0.15) is 0 Å². The Morgan fingerprint density at radius 2 is 1.75 bits per heavy atom. The molecular weight excluding hydrogens is 322 g/mol. The molecule has 24 heavy (non-hydrogen) atoms. The Morgan fingerprint density at radius 3 is 2.38 bits per heavy atom. The average molecular weight is 341 g/mol. The number of carbonyl (C=O) groups excluding carboxylic acids is 2. The first-order chi connectivity index (χ1) is 11.6. The fourth-order valence-corrected chi connectivity index (χ4v) is 3.66. The van der Waals surface area contributed by atoms with Crippen molar-refractivity contribution in [3.8, 4) is 5.75 Å². The van der Waals surface area contributed by atoms with Crippen LogP contribution in [0.4, 0.5) is 5.69 Å². The van der Waals surface area contributed by atoms with Gasteiger partial charge in [-0.25, -0.2) is 4.90 Å². The number of hydrogen-bond donors (Lipinski definition) is 0. The smallest absolute Gasteiger partial charge is 0.247 e. The van der Waals surface area contributed by atoms with Crippen LogP contribution in [0.3, 0.4) is 0 Å². The summed E-state index contributed by atoms with van der Waals surface area (Å²) >= 11 is 1.44. The summed E-state index contributed by atoms with van der Waals surface area (Å²) in [4.78, 5) is 27.2. The summed E-state index contributed by atoms with van der Waals surface area (Å²) in [6.07, 6.45) is 0.227. The molecule has 1 aliphatic heterocycles. The van der Waals surface area contributed by atoms with Crippen molar-refractivity contribution in [3.63, 3.8) is 0 Å². The van der Waals surface area contributed by atoms with Gasteiger partial charge in [0.15, 0.2) is 0 Å². The maximum atomic E-state index is 12.7. The monoisotopic (exact) mass is 341 g/mol. The van der Waals surface area contributed by atoms with Gasteiger partial charge in [0.05, 0.1) is 17.5 Å². The Morgan fingerprint density at radius 1 is 1.08 bits per heavy atom. The summed E-state index contributed by atoms with van der Waals surface area (Å²) in [5.74, 6) is 0.412. The molecular formula is C19H19NO3S. The topological polar surface area (TPSA) is 46.6 Å². The lowest BCUT2D eigenvalue weighted by atomic mass is 10.2. The van der Waals surface area contributed by atoms with Crippen molar-refractivity contribution in [3.05, 3.63) is 54.1 Å². The molecule has 2 aromatic carbocycles. The highest BCUT2D eigenvalue weighted by Crippen LogP contribution is 2.34. The molecule has 5 heteroatoms. The molecule has 0 spiro atoms. The lowest BCUT2D eigenvalue weighted by Crippen LogP contribution is -2.31. The van der Waals surface area contributed by atoms with Crippen LogP contribution in [0.15, 0.2) is 53.4 Å². The van der Waals surface area contributed by atoms with Crippen LogP contribution in [0.5, 0.6) is 5.75 Å². The highest BCUT2D eigenvalue weighted by Gasteiger charge is 2.40. The number of amides is 2. The van der Waals surface area contributed by atoms with E-state index in [-0.39, 0.29) is 23.5 Å². The van der Waals surface area contributed by atoms with Crippen molar-refractivity contribution >= 4 is 29.3 Å². The number of thioether (sulfide) groups is 1. The molecule has 2 aromatic rings. The highest BCUT2D eigenvalue weighted by atomic mass is 32.2. The Hall–Kier alpha value is -2.27. The summed E-state index contributed by atoms with van der Waals surface area (Å²) in [5.41, 5.74) is 1.77. The number of nitrogens with zero attached hydrogens (tertiary/aromatic N) is 1. The van der Waals surface area contributed by atoms with E-state index in [0.29, 0.717) is 12.3 Å². The van der Waals surface area contributed by atoms with Crippen LogP contribution in [0.2, 0.25) is 0 Å². The van der Waals surface area contributed by atoms with E-state index in [9.17, 15) is 9.59 Å². The van der Waals surface area contributed by atoms with E-state index < -0.39 is 0 Å². The SMILES string of the molecule is CCOc1ccc(N2C(=O)CC(Sc3ccc(C)cc3)C2=O)cc1. The zero-order chi connectivity index (χ0) is 17.1. The number of hydrogen-bond acceptors (Lipinski definition) is 4. The predicted molar refractivity (Wildman–Crippen MR) is 95.5 cm³/mol. The number of benzene rings is 2. The number of imide groups is 1. The zero-order valence-electron chi connectivity index (χ0n) is 13.7. The quantitative estimate of drug-likeness (QED) is 0.776. The fraction of sp³-hybridized carbons (Fsp3) is 0.263. The van der Waals surface area contributed by atoms with Crippen LogP contribution in [0.1, 0.15) is 18.9 Å². The average Bonchev–Trinajstić information content (AvgIpc) is 2.85. The van der Waals surface area contributed by atoms with Gasteiger partial charge in [-0.3, -0.25) is 9.59 Å². The second-order valence-corrected chi connectivity index (χ2v) is 6.89. The van der Waals surface area contributed by atoms with Crippen molar-refractivity contribution < 1.29 is 14.3 Å². The first kappa shape index (κ1) is 16.6. The molecule has 0 aliphatic carbocycles. The molecule has 4 nitrogen and oxygen atoms in total. The van der Waals surface area contributed by atoms with E-state index >= 15 is 0 Å². The van der Waals surface area contributed by atoms with Gasteiger partial charge < -0.3 is 4.74 Å². The van der Waals surface area contributed by atoms with Gasteiger partial charge in [0, 0.05) is 11.3 Å². The number of rotatable bonds is 5. The van der Waals surface area contributed by atoms with Gasteiger partial charge >= 0.3 is 0 Å². The second kappa shape index (κ2) is 7.09. The maximum absolute atomic E-state index is 12.7. The van der Waals surface area contributed by atoms with Gasteiger partial charge in [0.25, 0.3) is 0 Å². The predicted octanol–water partition coefficient (Wildman–Crippen LogP) is 3.82. The second-order valence-electron chi connectivity index (χ2n) is 5.62. The molecule has 0 radical (unpaired) electrons. The third-order valence-corrected chi connectivity index (χ3v) is 5.01. The van der Waals surface area contributed by atoms with Crippen LogP contribution >= 0.6 is 11.8 Å². The standard InChI is InChI=1S/C19H19NO3S/c1-3-23-15-8-6-14(7-9-15)20-18(21)12-17(19(20)22)24-16-10-4-13(2)5-11-16/h4-11,17H,3,12H2,1-2H3. The summed E-state index contributed by atoms with van der Waals surface area (Å²) < 4.78 is 5.39. The molecule has 1 aliphatic rings. The molecule has 1 fully saturated rings. The van der Waals surface area contributed by atoms with E-state index in [1.165, 1.54) is 22.2 Å². The number of ether oxygens (including phenoxy) is 1. The van der Waals surface area contributed by atoms with E-state index in [1.54, 1.807) is 24.3 Å². The van der Waals surface area contributed by atoms with Crippen molar-refractivity contribution in [1.29, 1.82) is 0 Å². The highest BCUT2D eigenvalue weighted by molar-refractivity contribution is 8.00. The molecule has 0 bridgehead atoms. The van der Waals surface area contributed by atoms with Crippen molar-refractivity contribution in [2.24, 2.45) is 0 Å². The minimum atomic E-state index is -0.369. The summed E-state index contributed by atoms with van der Waals surface area (Å²) in [6, 6.07) is 15.0. The zero-order valence-corrected chi connectivity index (χ0v) is 14.5. The lowest BCUT2D eigenvalue weighted by molar-refractivity contribution is -0.121. The molecule has 1 unspecified atom stereocenters. The largest absolute Gasteiger partial charge is 0.494 e. The van der Waals surface area contributed by atoms with Crippen LogP contribution in [-0.4, -0.2) is 23.7 Å². The Bertz CT molecular complexity index is 740. The van der Waals surface area contributed by atoms with E-state index in [2.05, 4.69) is 0 Å².